The Kier molecular flexibility index (Phi) is 4.52. The number of hydrogen-bond acceptors (Lipinski definition) is 5. The topological polar surface area (TPSA) is 63.7 Å². The molecule has 0 saturated carbocycles. The molecule has 0 spiro atoms. The SMILES string of the molecule is COC(=O)c1sccc1S(=O)(=O)N1CCCc2ccccc2C1. The lowest BCUT2D eigenvalue weighted by Crippen LogP contribution is -2.31. The second-order valence-electron chi connectivity index (χ2n) is 5.32. The van der Waals surface area contributed by atoms with Crippen molar-refractivity contribution in [3.63, 3.8) is 0 Å². The predicted octanol–water partition coefficient (Wildman–Crippen LogP) is 2.67. The van der Waals surface area contributed by atoms with Crippen molar-refractivity contribution in [3.05, 3.63) is 51.7 Å². The van der Waals surface area contributed by atoms with E-state index < -0.39 is 16.0 Å². The first kappa shape index (κ1) is 16.2. The summed E-state index contributed by atoms with van der Waals surface area (Å²) in [6.45, 7) is 0.766. The van der Waals surface area contributed by atoms with Gasteiger partial charge in [-0.15, -0.1) is 11.3 Å². The number of esters is 1. The van der Waals surface area contributed by atoms with Crippen LogP contribution in [0.5, 0.6) is 0 Å². The number of nitrogens with zero attached hydrogens (tertiary/aromatic N) is 1. The smallest absolute Gasteiger partial charge is 0.349 e. The molecule has 0 bridgehead atoms. The van der Waals surface area contributed by atoms with Crippen LogP contribution in [-0.2, 0) is 27.7 Å². The van der Waals surface area contributed by atoms with Crippen LogP contribution in [0, 0.1) is 0 Å². The molecular weight excluding hydrogens is 334 g/mol. The highest BCUT2D eigenvalue weighted by Gasteiger charge is 2.31. The van der Waals surface area contributed by atoms with Gasteiger partial charge in [-0.1, -0.05) is 24.3 Å². The van der Waals surface area contributed by atoms with Crippen molar-refractivity contribution in [1.82, 2.24) is 4.31 Å². The third-order valence-electron chi connectivity index (χ3n) is 3.94. The molecule has 1 aliphatic heterocycles. The number of ether oxygens (including phenoxy) is 1. The van der Waals surface area contributed by atoms with Crippen molar-refractivity contribution in [3.8, 4) is 0 Å². The van der Waals surface area contributed by atoms with Gasteiger partial charge in [0.25, 0.3) is 0 Å². The van der Waals surface area contributed by atoms with Crippen LogP contribution in [0.15, 0.2) is 40.6 Å². The third-order valence-corrected chi connectivity index (χ3v) is 6.85. The van der Waals surface area contributed by atoms with Crippen molar-refractivity contribution in [2.75, 3.05) is 13.7 Å². The molecule has 0 N–H and O–H groups in total. The van der Waals surface area contributed by atoms with Crippen molar-refractivity contribution in [2.24, 2.45) is 0 Å². The predicted molar refractivity (Wildman–Crippen MR) is 88.0 cm³/mol. The van der Waals surface area contributed by atoms with Gasteiger partial charge >= 0.3 is 5.97 Å². The highest BCUT2D eigenvalue weighted by molar-refractivity contribution is 7.89. The minimum absolute atomic E-state index is 0.0359. The summed E-state index contributed by atoms with van der Waals surface area (Å²) in [7, 11) is -2.48. The quantitative estimate of drug-likeness (QED) is 0.798. The van der Waals surface area contributed by atoms with Gasteiger partial charge in [-0.25, -0.2) is 13.2 Å². The molecule has 0 unspecified atom stereocenters. The molecule has 1 aliphatic rings. The van der Waals surface area contributed by atoms with Gasteiger partial charge in [0.2, 0.25) is 10.0 Å². The number of sulfonamides is 1. The second kappa shape index (κ2) is 6.43. The number of aryl methyl sites for hydroxylation is 1. The summed E-state index contributed by atoms with van der Waals surface area (Å²) < 4.78 is 32.1. The molecular formula is C16H17NO4S2. The van der Waals surface area contributed by atoms with Crippen LogP contribution < -0.4 is 0 Å². The van der Waals surface area contributed by atoms with E-state index in [-0.39, 0.29) is 9.77 Å². The van der Waals surface area contributed by atoms with Crippen LogP contribution in [-0.4, -0.2) is 32.3 Å². The maximum absolute atomic E-state index is 13.0. The zero-order valence-electron chi connectivity index (χ0n) is 12.7. The lowest BCUT2D eigenvalue weighted by atomic mass is 10.0. The van der Waals surface area contributed by atoms with Crippen molar-refractivity contribution < 1.29 is 17.9 Å². The molecule has 0 amide bonds. The first-order valence-corrected chi connectivity index (χ1v) is 9.58. The average molecular weight is 351 g/mol. The van der Waals surface area contributed by atoms with Gasteiger partial charge in [-0.2, -0.15) is 4.31 Å². The van der Waals surface area contributed by atoms with E-state index >= 15 is 0 Å². The van der Waals surface area contributed by atoms with E-state index in [9.17, 15) is 13.2 Å². The monoisotopic (exact) mass is 351 g/mol. The summed E-state index contributed by atoms with van der Waals surface area (Å²) in [6, 6.07) is 9.35. The van der Waals surface area contributed by atoms with Crippen molar-refractivity contribution in [2.45, 2.75) is 24.3 Å². The van der Waals surface area contributed by atoms with E-state index in [0.29, 0.717) is 13.1 Å². The molecule has 7 heteroatoms. The molecule has 0 radical (unpaired) electrons. The molecule has 3 rings (SSSR count). The molecule has 0 fully saturated rings. The number of rotatable bonds is 3. The maximum atomic E-state index is 13.0. The number of benzene rings is 1. The summed E-state index contributed by atoms with van der Waals surface area (Å²) >= 11 is 1.08. The summed E-state index contributed by atoms with van der Waals surface area (Å²) in [4.78, 5) is 12.0. The van der Waals surface area contributed by atoms with Gasteiger partial charge in [0, 0.05) is 13.1 Å². The van der Waals surface area contributed by atoms with Crippen LogP contribution in [0.25, 0.3) is 0 Å². The Hall–Kier alpha value is -1.70. The lowest BCUT2D eigenvalue weighted by molar-refractivity contribution is 0.0602. The fourth-order valence-corrected chi connectivity index (χ4v) is 5.52. The maximum Gasteiger partial charge on any atom is 0.349 e. The summed E-state index contributed by atoms with van der Waals surface area (Å²) in [5.74, 6) is -0.617. The summed E-state index contributed by atoms with van der Waals surface area (Å²) in [5.41, 5.74) is 2.20. The Morgan fingerprint density at radius 1 is 1.22 bits per heavy atom. The number of fused-ring (bicyclic) bond motifs is 1. The first-order valence-electron chi connectivity index (χ1n) is 7.27. The third kappa shape index (κ3) is 3.04. The highest BCUT2D eigenvalue weighted by Crippen LogP contribution is 2.29. The van der Waals surface area contributed by atoms with E-state index in [1.165, 1.54) is 23.0 Å². The van der Waals surface area contributed by atoms with Crippen LogP contribution >= 0.6 is 11.3 Å². The Bertz CT molecular complexity index is 826. The number of hydrogen-bond donors (Lipinski definition) is 0. The molecule has 0 aliphatic carbocycles. The van der Waals surface area contributed by atoms with E-state index in [1.807, 2.05) is 24.3 Å². The average Bonchev–Trinajstić information content (AvgIpc) is 2.94. The lowest BCUT2D eigenvalue weighted by Gasteiger charge is -2.20. The van der Waals surface area contributed by atoms with Gasteiger partial charge in [0.1, 0.15) is 9.77 Å². The number of thiophene rings is 1. The van der Waals surface area contributed by atoms with Gasteiger partial charge in [-0.3, -0.25) is 0 Å². The van der Waals surface area contributed by atoms with E-state index in [2.05, 4.69) is 4.74 Å². The molecule has 0 atom stereocenters. The minimum Gasteiger partial charge on any atom is -0.465 e. The fraction of sp³-hybridized carbons (Fsp3) is 0.312. The molecule has 23 heavy (non-hydrogen) atoms. The summed E-state index contributed by atoms with van der Waals surface area (Å²) in [5, 5.41) is 1.60. The molecule has 122 valence electrons. The highest BCUT2D eigenvalue weighted by atomic mass is 32.2. The molecule has 2 heterocycles. The normalized spacial score (nSPS) is 15.7. The van der Waals surface area contributed by atoms with Crippen molar-refractivity contribution in [1.29, 1.82) is 0 Å². The minimum atomic E-state index is -3.73. The second-order valence-corrected chi connectivity index (χ2v) is 8.14. The summed E-state index contributed by atoms with van der Waals surface area (Å²) in [6.07, 6.45) is 1.61. The molecule has 0 saturated heterocycles. The van der Waals surface area contributed by atoms with Crippen LogP contribution in [0.1, 0.15) is 27.2 Å². The Labute approximate surface area is 139 Å². The van der Waals surface area contributed by atoms with E-state index in [4.69, 9.17) is 0 Å². The van der Waals surface area contributed by atoms with Gasteiger partial charge in [0.15, 0.2) is 0 Å². The standard InChI is InChI=1S/C16H17NO4S2/c1-21-16(18)15-14(8-10-22-15)23(19,20)17-9-4-7-12-5-2-3-6-13(12)11-17/h2-3,5-6,8,10H,4,7,9,11H2,1H3. The largest absolute Gasteiger partial charge is 0.465 e. The van der Waals surface area contributed by atoms with E-state index in [0.717, 1.165) is 29.7 Å². The molecule has 2 aromatic rings. The van der Waals surface area contributed by atoms with Crippen LogP contribution in [0.4, 0.5) is 0 Å². The number of carbonyl (C=O) groups is 1. The zero-order chi connectivity index (χ0) is 16.4. The van der Waals surface area contributed by atoms with Crippen LogP contribution in [0.3, 0.4) is 0 Å². The van der Waals surface area contributed by atoms with Crippen molar-refractivity contribution >= 4 is 27.3 Å². The Morgan fingerprint density at radius 2 is 1.96 bits per heavy atom. The fourth-order valence-electron chi connectivity index (χ4n) is 2.76. The molecule has 1 aromatic heterocycles. The van der Waals surface area contributed by atoms with Gasteiger partial charge in [-0.05, 0) is 35.4 Å². The molecule has 5 nitrogen and oxygen atoms in total. The van der Waals surface area contributed by atoms with E-state index in [1.54, 1.807) is 5.38 Å². The zero-order valence-corrected chi connectivity index (χ0v) is 14.3. The van der Waals surface area contributed by atoms with Gasteiger partial charge in [0.05, 0.1) is 7.11 Å². The Morgan fingerprint density at radius 3 is 2.70 bits per heavy atom. The first-order chi connectivity index (χ1) is 11.0. The number of carbonyl (C=O) groups excluding carboxylic acids is 1. The van der Waals surface area contributed by atoms with Crippen LogP contribution in [0.2, 0.25) is 0 Å². The van der Waals surface area contributed by atoms with Gasteiger partial charge < -0.3 is 4.74 Å². The molecule has 1 aromatic carbocycles. The Balaban J connectivity index is 1.98. The number of methoxy groups -OCH3 is 1.